The van der Waals surface area contributed by atoms with Crippen LogP contribution in [-0.2, 0) is 15.0 Å². The monoisotopic (exact) mass is 390 g/mol. The highest BCUT2D eigenvalue weighted by Crippen LogP contribution is 2.35. The number of nitrogens with one attached hydrogen (secondary N) is 1. The first-order valence-corrected chi connectivity index (χ1v) is 8.94. The smallest absolute Gasteiger partial charge is 0.229 e. The normalized spacial score (nSPS) is 17.1. The van der Waals surface area contributed by atoms with Crippen molar-refractivity contribution >= 4 is 23.2 Å². The fourth-order valence-electron chi connectivity index (χ4n) is 3.32. The van der Waals surface area contributed by atoms with Crippen LogP contribution in [0, 0.1) is 23.4 Å². The van der Waals surface area contributed by atoms with Gasteiger partial charge in [0.2, 0.25) is 11.8 Å². The van der Waals surface area contributed by atoms with Gasteiger partial charge in [-0.1, -0.05) is 39.0 Å². The summed E-state index contributed by atoms with van der Waals surface area (Å²) in [6.45, 7) is 6.22. The van der Waals surface area contributed by atoms with Crippen LogP contribution in [-0.4, -0.2) is 18.4 Å². The van der Waals surface area contributed by atoms with Crippen LogP contribution < -0.4 is 10.2 Å². The zero-order valence-electron chi connectivity index (χ0n) is 15.9. The second kappa shape index (κ2) is 7.30. The fraction of sp³-hybridized carbons (Fsp3) is 0.333. The molecule has 28 heavy (non-hydrogen) atoms. The quantitative estimate of drug-likeness (QED) is 0.790. The lowest BCUT2D eigenvalue weighted by Crippen LogP contribution is -2.30. The van der Waals surface area contributed by atoms with E-state index in [4.69, 9.17) is 0 Å². The molecule has 4 nitrogen and oxygen atoms in total. The van der Waals surface area contributed by atoms with Gasteiger partial charge in [0, 0.05) is 18.7 Å². The summed E-state index contributed by atoms with van der Waals surface area (Å²) in [6.07, 6.45) is -0.0460. The molecule has 0 aromatic heterocycles. The molecule has 0 bridgehead atoms. The first kappa shape index (κ1) is 19.9. The summed E-state index contributed by atoms with van der Waals surface area (Å²) in [5.41, 5.74) is 1.04. The van der Waals surface area contributed by atoms with Gasteiger partial charge in [0.15, 0.2) is 17.5 Å². The van der Waals surface area contributed by atoms with Gasteiger partial charge in [0.05, 0.1) is 11.6 Å². The molecular weight excluding hydrogens is 369 g/mol. The van der Waals surface area contributed by atoms with E-state index in [0.29, 0.717) is 0 Å². The average Bonchev–Trinajstić information content (AvgIpc) is 3.03. The Morgan fingerprint density at radius 1 is 1.07 bits per heavy atom. The van der Waals surface area contributed by atoms with Gasteiger partial charge in [0.25, 0.3) is 0 Å². The molecule has 0 radical (unpaired) electrons. The minimum Gasteiger partial charge on any atom is -0.323 e. The molecule has 3 rings (SSSR count). The lowest BCUT2D eigenvalue weighted by Gasteiger charge is -2.27. The minimum absolute atomic E-state index is 0.0460. The molecule has 2 amide bonds. The Morgan fingerprint density at radius 3 is 2.43 bits per heavy atom. The second-order valence-corrected chi connectivity index (χ2v) is 7.88. The van der Waals surface area contributed by atoms with Crippen molar-refractivity contribution in [1.82, 2.24) is 0 Å². The van der Waals surface area contributed by atoms with Gasteiger partial charge < -0.3 is 10.2 Å². The Hall–Kier alpha value is -2.83. The number of benzene rings is 2. The lowest BCUT2D eigenvalue weighted by molar-refractivity contribution is -0.122. The molecule has 7 heteroatoms. The molecule has 1 unspecified atom stereocenters. The molecule has 1 saturated heterocycles. The highest BCUT2D eigenvalue weighted by Gasteiger charge is 2.37. The summed E-state index contributed by atoms with van der Waals surface area (Å²) < 4.78 is 40.2. The Labute approximate surface area is 161 Å². The number of anilines is 2. The van der Waals surface area contributed by atoms with Gasteiger partial charge in [-0.3, -0.25) is 9.59 Å². The number of rotatable bonds is 3. The van der Waals surface area contributed by atoms with Crippen molar-refractivity contribution in [3.63, 3.8) is 0 Å². The van der Waals surface area contributed by atoms with E-state index >= 15 is 0 Å². The molecule has 0 spiro atoms. The van der Waals surface area contributed by atoms with E-state index in [1.807, 2.05) is 45.0 Å². The highest BCUT2D eigenvalue weighted by atomic mass is 19.2. The number of amides is 2. The number of para-hydroxylation sites is 1. The molecule has 1 atom stereocenters. The van der Waals surface area contributed by atoms with Crippen LogP contribution in [0.2, 0.25) is 0 Å². The van der Waals surface area contributed by atoms with Crippen LogP contribution in [0.5, 0.6) is 0 Å². The Morgan fingerprint density at radius 2 is 1.75 bits per heavy atom. The van der Waals surface area contributed by atoms with E-state index in [2.05, 4.69) is 5.32 Å². The largest absolute Gasteiger partial charge is 0.323 e. The maximum absolute atomic E-state index is 13.8. The average molecular weight is 390 g/mol. The molecule has 1 aliphatic heterocycles. The van der Waals surface area contributed by atoms with E-state index < -0.39 is 35.0 Å². The van der Waals surface area contributed by atoms with E-state index in [1.165, 1.54) is 0 Å². The van der Waals surface area contributed by atoms with Crippen molar-refractivity contribution in [3.8, 4) is 0 Å². The van der Waals surface area contributed by atoms with Crippen molar-refractivity contribution in [2.75, 3.05) is 16.8 Å². The van der Waals surface area contributed by atoms with E-state index in [1.54, 1.807) is 4.90 Å². The Kier molecular flexibility index (Phi) is 5.19. The summed E-state index contributed by atoms with van der Waals surface area (Å²) in [6, 6.07) is 9.16. The van der Waals surface area contributed by atoms with Crippen molar-refractivity contribution in [3.05, 3.63) is 59.4 Å². The maximum Gasteiger partial charge on any atom is 0.229 e. The van der Waals surface area contributed by atoms with E-state index in [9.17, 15) is 22.8 Å². The summed E-state index contributed by atoms with van der Waals surface area (Å²) >= 11 is 0. The lowest BCUT2D eigenvalue weighted by atomic mass is 9.85. The van der Waals surface area contributed by atoms with Crippen molar-refractivity contribution in [2.45, 2.75) is 32.6 Å². The fourth-order valence-corrected chi connectivity index (χ4v) is 3.32. The molecule has 0 saturated carbocycles. The van der Waals surface area contributed by atoms with E-state index in [-0.39, 0.29) is 24.3 Å². The predicted molar refractivity (Wildman–Crippen MR) is 101 cm³/mol. The van der Waals surface area contributed by atoms with Crippen molar-refractivity contribution in [2.24, 2.45) is 5.92 Å². The van der Waals surface area contributed by atoms with Gasteiger partial charge in [-0.25, -0.2) is 13.2 Å². The molecule has 1 fully saturated rings. The molecule has 1 aliphatic rings. The standard InChI is InChI=1S/C21H21F3N2O2/c1-21(2,3)13-6-4-5-7-16(13)26-11-12(10-17(26)27)20(28)25-15-9-8-14(22)18(23)19(15)24/h4-9,12H,10-11H2,1-3H3,(H,25,28). The van der Waals surface area contributed by atoms with Crippen molar-refractivity contribution < 1.29 is 22.8 Å². The maximum atomic E-state index is 13.8. The molecule has 1 N–H and O–H groups in total. The molecule has 148 valence electrons. The summed E-state index contributed by atoms with van der Waals surface area (Å²) in [7, 11) is 0. The minimum atomic E-state index is -1.65. The third kappa shape index (κ3) is 3.74. The van der Waals surface area contributed by atoms with Gasteiger partial charge in [-0.05, 0) is 29.2 Å². The number of halogens is 3. The van der Waals surface area contributed by atoms with Crippen LogP contribution in [0.3, 0.4) is 0 Å². The first-order chi connectivity index (χ1) is 13.1. The summed E-state index contributed by atoms with van der Waals surface area (Å²) in [5.74, 6) is -6.02. The topological polar surface area (TPSA) is 49.4 Å². The van der Waals surface area contributed by atoms with Gasteiger partial charge in [0.1, 0.15) is 0 Å². The van der Waals surface area contributed by atoms with Crippen LogP contribution in [0.15, 0.2) is 36.4 Å². The number of hydrogen-bond acceptors (Lipinski definition) is 2. The van der Waals surface area contributed by atoms with E-state index in [0.717, 1.165) is 23.4 Å². The number of carbonyl (C=O) groups is 2. The number of nitrogens with zero attached hydrogens (tertiary/aromatic N) is 1. The Balaban J connectivity index is 1.80. The summed E-state index contributed by atoms with van der Waals surface area (Å²) in [4.78, 5) is 26.6. The zero-order valence-corrected chi connectivity index (χ0v) is 15.9. The molecule has 1 heterocycles. The molecule has 2 aromatic rings. The highest BCUT2D eigenvalue weighted by molar-refractivity contribution is 6.04. The van der Waals surface area contributed by atoms with Crippen LogP contribution >= 0.6 is 0 Å². The van der Waals surface area contributed by atoms with Gasteiger partial charge >= 0.3 is 0 Å². The number of hydrogen-bond donors (Lipinski definition) is 1. The van der Waals surface area contributed by atoms with Gasteiger partial charge in [-0.15, -0.1) is 0 Å². The van der Waals surface area contributed by atoms with Gasteiger partial charge in [-0.2, -0.15) is 0 Å². The van der Waals surface area contributed by atoms with Crippen LogP contribution in [0.1, 0.15) is 32.8 Å². The SMILES string of the molecule is CC(C)(C)c1ccccc1N1CC(C(=O)Nc2ccc(F)c(F)c2F)CC1=O. The second-order valence-electron chi connectivity index (χ2n) is 7.88. The molecule has 0 aliphatic carbocycles. The number of carbonyl (C=O) groups excluding carboxylic acids is 2. The van der Waals surface area contributed by atoms with Crippen molar-refractivity contribution in [1.29, 1.82) is 0 Å². The predicted octanol–water partition coefficient (Wildman–Crippen LogP) is 4.39. The third-order valence-electron chi connectivity index (χ3n) is 4.79. The first-order valence-electron chi connectivity index (χ1n) is 8.94. The summed E-state index contributed by atoms with van der Waals surface area (Å²) in [5, 5.41) is 2.26. The third-order valence-corrected chi connectivity index (χ3v) is 4.79. The van der Waals surface area contributed by atoms with Crippen LogP contribution in [0.4, 0.5) is 24.5 Å². The molecule has 2 aromatic carbocycles. The Bertz CT molecular complexity index is 938. The zero-order chi connectivity index (χ0) is 20.6. The van der Waals surface area contributed by atoms with Crippen LogP contribution in [0.25, 0.3) is 0 Å². The molecular formula is C21H21F3N2O2.